The van der Waals surface area contributed by atoms with Crippen molar-refractivity contribution < 1.29 is 9.53 Å². The second-order valence-electron chi connectivity index (χ2n) is 6.96. The van der Waals surface area contributed by atoms with E-state index in [4.69, 9.17) is 4.74 Å². The lowest BCUT2D eigenvalue weighted by molar-refractivity contribution is -0.123. The summed E-state index contributed by atoms with van der Waals surface area (Å²) in [6.45, 7) is 0.704. The van der Waals surface area contributed by atoms with Gasteiger partial charge in [-0.15, -0.1) is 0 Å². The monoisotopic (exact) mass is 375 g/mol. The van der Waals surface area contributed by atoms with Gasteiger partial charge in [0.15, 0.2) is 5.78 Å². The summed E-state index contributed by atoms with van der Waals surface area (Å²) >= 11 is 0. The summed E-state index contributed by atoms with van der Waals surface area (Å²) in [6, 6.07) is 21.5. The Hall–Kier alpha value is -2.28. The molecule has 27 heavy (non-hydrogen) atoms. The highest BCUT2D eigenvalue weighted by atomic mass is 31.1. The van der Waals surface area contributed by atoms with Gasteiger partial charge in [0.1, 0.15) is 16.7 Å². The summed E-state index contributed by atoms with van der Waals surface area (Å²) in [4.78, 5) is 12.5. The van der Waals surface area contributed by atoms with Crippen LogP contribution in [0.3, 0.4) is 0 Å². The topological polar surface area (TPSA) is 26.3 Å². The minimum absolute atomic E-state index is 0.113. The lowest BCUT2D eigenvalue weighted by Crippen LogP contribution is -2.18. The van der Waals surface area contributed by atoms with E-state index in [1.165, 1.54) is 15.9 Å². The van der Waals surface area contributed by atoms with E-state index < -0.39 is 7.92 Å². The average molecular weight is 375 g/mol. The van der Waals surface area contributed by atoms with Crippen LogP contribution in [0.2, 0.25) is 0 Å². The van der Waals surface area contributed by atoms with E-state index in [-0.39, 0.29) is 11.9 Å². The number of benzene rings is 2. The van der Waals surface area contributed by atoms with Crippen LogP contribution in [-0.4, -0.2) is 18.5 Å². The molecule has 0 spiro atoms. The van der Waals surface area contributed by atoms with Gasteiger partial charge in [-0.3, -0.25) is 4.79 Å². The first-order chi connectivity index (χ1) is 13.3. The number of carbonyl (C=O) groups excluding carboxylic acids is 1. The number of hydrogen-bond acceptors (Lipinski definition) is 2. The molecule has 1 saturated heterocycles. The summed E-state index contributed by atoms with van der Waals surface area (Å²) in [5, 5.41) is 4.16. The Morgan fingerprint density at radius 3 is 2.26 bits per heavy atom. The van der Waals surface area contributed by atoms with Crippen molar-refractivity contribution >= 4 is 24.3 Å². The van der Waals surface area contributed by atoms with Crippen molar-refractivity contribution in [1.29, 1.82) is 0 Å². The molecule has 2 aliphatic rings. The van der Waals surface area contributed by atoms with Gasteiger partial charge in [0.25, 0.3) is 0 Å². The molecule has 2 nitrogen and oxygen atoms in total. The molecule has 3 heteroatoms. The maximum Gasteiger partial charge on any atom is 0.184 e. The third kappa shape index (κ3) is 4.35. The van der Waals surface area contributed by atoms with Crippen LogP contribution in [0.5, 0.6) is 0 Å². The predicted octanol–water partition coefficient (Wildman–Crippen LogP) is 4.37. The molecule has 136 valence electrons. The molecule has 0 N–H and O–H groups in total. The summed E-state index contributed by atoms with van der Waals surface area (Å²) in [5.74, 6) is 0.113. The number of carbonyl (C=O) groups is 1. The van der Waals surface area contributed by atoms with Crippen molar-refractivity contribution in [3.63, 3.8) is 0 Å². The Bertz CT molecular complexity index is 836. The number of rotatable bonds is 5. The van der Waals surface area contributed by atoms with E-state index in [1.807, 2.05) is 0 Å². The van der Waals surface area contributed by atoms with Crippen molar-refractivity contribution in [2.45, 2.75) is 25.4 Å². The fourth-order valence-electron chi connectivity index (χ4n) is 3.72. The van der Waals surface area contributed by atoms with Gasteiger partial charge in [-0.2, -0.15) is 0 Å². The maximum atomic E-state index is 12.5. The van der Waals surface area contributed by atoms with E-state index in [9.17, 15) is 4.79 Å². The highest BCUT2D eigenvalue weighted by molar-refractivity contribution is 7.76. The van der Waals surface area contributed by atoms with Crippen LogP contribution >= 0.6 is 7.92 Å². The van der Waals surface area contributed by atoms with Gasteiger partial charge in [-0.25, -0.2) is 0 Å². The van der Waals surface area contributed by atoms with Crippen LogP contribution in [0, 0.1) is 0 Å². The molecule has 1 atom stereocenters. The molecular formula is C24H24O2P+. The molecular weight excluding hydrogens is 351 g/mol. The molecule has 2 aromatic carbocycles. The molecule has 0 saturated carbocycles. The Morgan fingerprint density at radius 1 is 1.00 bits per heavy atom. The highest BCUT2D eigenvalue weighted by Gasteiger charge is 2.29. The van der Waals surface area contributed by atoms with Crippen LogP contribution in [0.15, 0.2) is 95.9 Å². The van der Waals surface area contributed by atoms with Crippen LogP contribution in [0.4, 0.5) is 0 Å². The Balaban J connectivity index is 1.62. The smallest absolute Gasteiger partial charge is 0.184 e. The Kier molecular flexibility index (Phi) is 5.77. The second-order valence-corrected chi connectivity index (χ2v) is 9.51. The lowest BCUT2D eigenvalue weighted by atomic mass is 10.0. The van der Waals surface area contributed by atoms with Gasteiger partial charge in [0.05, 0.1) is 13.2 Å². The number of ether oxygens (including phenoxy) is 1. The third-order valence-electron chi connectivity index (χ3n) is 5.02. The molecule has 2 aromatic rings. The van der Waals surface area contributed by atoms with Gasteiger partial charge in [0, 0.05) is 13.0 Å². The molecule has 0 aromatic heterocycles. The molecule has 1 aliphatic heterocycles. The third-order valence-corrected chi connectivity index (χ3v) is 7.83. The Labute approximate surface area is 162 Å². The molecule has 0 radical (unpaired) electrons. The molecule has 1 unspecified atom stereocenters. The summed E-state index contributed by atoms with van der Waals surface area (Å²) in [7, 11) is -1.06. The van der Waals surface area contributed by atoms with E-state index >= 15 is 0 Å². The first-order valence-electron chi connectivity index (χ1n) is 9.53. The van der Waals surface area contributed by atoms with E-state index in [1.54, 1.807) is 6.08 Å². The largest absolute Gasteiger partial charge is 0.370 e. The standard InChI is InChI=1S/C24H23O2P/c25-23(24-15-8-16-26-24)18-19-9-7-14-22(17-19)27(20-10-3-1-4-11-20)21-12-5-2-6-13-21/h1-7,9-14,18,24H,8,15-17H2/p+1. The zero-order valence-corrected chi connectivity index (χ0v) is 16.3. The van der Waals surface area contributed by atoms with Crippen LogP contribution < -0.4 is 10.6 Å². The average Bonchev–Trinajstić information content (AvgIpc) is 3.25. The molecule has 4 rings (SSSR count). The normalized spacial score (nSPS) is 20.9. The SMILES string of the molecule is O=C(C=C1C=CC=C([PH+](c2ccccc2)c2ccccc2)C1)C1CCCO1. The molecule has 1 heterocycles. The van der Waals surface area contributed by atoms with Gasteiger partial charge in [0.2, 0.25) is 0 Å². The predicted molar refractivity (Wildman–Crippen MR) is 114 cm³/mol. The van der Waals surface area contributed by atoms with Crippen molar-refractivity contribution in [3.05, 3.63) is 95.9 Å². The zero-order chi connectivity index (χ0) is 18.5. The first-order valence-corrected chi connectivity index (χ1v) is 11.0. The van der Waals surface area contributed by atoms with Crippen molar-refractivity contribution in [2.24, 2.45) is 0 Å². The maximum absolute atomic E-state index is 12.5. The summed E-state index contributed by atoms with van der Waals surface area (Å²) < 4.78 is 5.54. The minimum atomic E-state index is -1.06. The van der Waals surface area contributed by atoms with E-state index in [0.717, 1.165) is 24.8 Å². The molecule has 0 bridgehead atoms. The van der Waals surface area contributed by atoms with Crippen LogP contribution in [0.1, 0.15) is 19.3 Å². The molecule has 1 aliphatic carbocycles. The fraction of sp³-hybridized carbons (Fsp3) is 0.208. The first kappa shape index (κ1) is 18.1. The lowest BCUT2D eigenvalue weighted by Gasteiger charge is -2.17. The van der Waals surface area contributed by atoms with Gasteiger partial charge in [-0.1, -0.05) is 48.6 Å². The highest BCUT2D eigenvalue weighted by Crippen LogP contribution is 2.47. The second kappa shape index (κ2) is 8.61. The quantitative estimate of drug-likeness (QED) is 0.573. The zero-order valence-electron chi connectivity index (χ0n) is 15.3. The summed E-state index contributed by atoms with van der Waals surface area (Å²) in [5.41, 5.74) is 1.09. The number of ketones is 1. The minimum Gasteiger partial charge on any atom is -0.370 e. The van der Waals surface area contributed by atoms with Crippen molar-refractivity contribution in [1.82, 2.24) is 0 Å². The van der Waals surface area contributed by atoms with Gasteiger partial charge in [-0.05, 0) is 54.8 Å². The Morgan fingerprint density at radius 2 is 1.67 bits per heavy atom. The van der Waals surface area contributed by atoms with E-state index in [0.29, 0.717) is 6.61 Å². The fourth-order valence-corrected chi connectivity index (χ4v) is 6.49. The van der Waals surface area contributed by atoms with Crippen LogP contribution in [0.25, 0.3) is 0 Å². The van der Waals surface area contributed by atoms with Gasteiger partial charge >= 0.3 is 0 Å². The van der Waals surface area contributed by atoms with Crippen molar-refractivity contribution in [3.8, 4) is 0 Å². The number of hydrogen-bond donors (Lipinski definition) is 0. The number of allylic oxidation sites excluding steroid dienone is 5. The molecule has 0 amide bonds. The van der Waals surface area contributed by atoms with Gasteiger partial charge < -0.3 is 4.74 Å². The van der Waals surface area contributed by atoms with Crippen LogP contribution in [-0.2, 0) is 9.53 Å². The van der Waals surface area contributed by atoms with E-state index in [2.05, 4.69) is 78.9 Å². The molecule has 1 fully saturated rings. The summed E-state index contributed by atoms with van der Waals surface area (Å²) in [6.07, 6.45) is 10.6. The van der Waals surface area contributed by atoms with Crippen molar-refractivity contribution in [2.75, 3.05) is 6.61 Å².